The molecule has 20 heavy (non-hydrogen) atoms. The highest BCUT2D eigenvalue weighted by Crippen LogP contribution is 2.33. The van der Waals surface area contributed by atoms with Crippen molar-refractivity contribution in [1.82, 2.24) is 0 Å². The second kappa shape index (κ2) is 6.94. The van der Waals surface area contributed by atoms with Gasteiger partial charge in [-0.15, -0.1) is 0 Å². The van der Waals surface area contributed by atoms with Crippen LogP contribution < -0.4 is 4.74 Å². The van der Waals surface area contributed by atoms with Crippen molar-refractivity contribution in [3.63, 3.8) is 0 Å². The second-order valence-electron chi connectivity index (χ2n) is 4.19. The summed E-state index contributed by atoms with van der Waals surface area (Å²) in [6, 6.07) is 10.9. The van der Waals surface area contributed by atoms with Gasteiger partial charge < -0.3 is 9.84 Å². The van der Waals surface area contributed by atoms with Crippen LogP contribution in [0.25, 0.3) is 0 Å². The summed E-state index contributed by atoms with van der Waals surface area (Å²) in [5.41, 5.74) is 1.51. The van der Waals surface area contributed by atoms with Crippen LogP contribution in [0, 0.1) is 0 Å². The van der Waals surface area contributed by atoms with Gasteiger partial charge in [0.2, 0.25) is 0 Å². The van der Waals surface area contributed by atoms with E-state index in [1.54, 1.807) is 6.07 Å². The minimum absolute atomic E-state index is 0.573. The molecule has 106 valence electrons. The van der Waals surface area contributed by atoms with Crippen LogP contribution >= 0.6 is 43.5 Å². The van der Waals surface area contributed by atoms with E-state index in [1.807, 2.05) is 37.3 Å². The van der Waals surface area contributed by atoms with E-state index >= 15 is 0 Å². The van der Waals surface area contributed by atoms with Gasteiger partial charge in [-0.2, -0.15) is 0 Å². The van der Waals surface area contributed by atoms with Crippen molar-refractivity contribution in [2.24, 2.45) is 0 Å². The Kier molecular flexibility index (Phi) is 5.49. The fourth-order valence-corrected chi connectivity index (χ4v) is 2.86. The number of benzene rings is 2. The van der Waals surface area contributed by atoms with Crippen LogP contribution in [0.1, 0.15) is 24.2 Å². The highest BCUT2D eigenvalue weighted by Gasteiger charge is 2.15. The molecule has 0 heterocycles. The van der Waals surface area contributed by atoms with Crippen molar-refractivity contribution in [3.8, 4) is 5.75 Å². The molecule has 0 saturated carbocycles. The molecule has 2 nitrogen and oxygen atoms in total. The molecule has 0 bridgehead atoms. The van der Waals surface area contributed by atoms with Crippen molar-refractivity contribution in [2.45, 2.75) is 13.0 Å². The number of hydrogen-bond acceptors (Lipinski definition) is 2. The van der Waals surface area contributed by atoms with Gasteiger partial charge in [0.1, 0.15) is 11.9 Å². The number of rotatable bonds is 4. The third-order valence-electron chi connectivity index (χ3n) is 2.84. The second-order valence-corrected chi connectivity index (χ2v) is 6.31. The van der Waals surface area contributed by atoms with Gasteiger partial charge >= 0.3 is 0 Å². The average Bonchev–Trinajstić information content (AvgIpc) is 2.42. The zero-order valence-electron chi connectivity index (χ0n) is 10.7. The van der Waals surface area contributed by atoms with Gasteiger partial charge in [0.05, 0.1) is 11.6 Å². The molecule has 0 spiro atoms. The van der Waals surface area contributed by atoms with Gasteiger partial charge in [-0.25, -0.2) is 0 Å². The molecule has 1 unspecified atom stereocenters. The zero-order valence-corrected chi connectivity index (χ0v) is 14.7. The Balaban J connectivity index is 2.32. The molecule has 0 radical (unpaired) electrons. The average molecular weight is 421 g/mol. The Morgan fingerprint density at radius 3 is 2.50 bits per heavy atom. The quantitative estimate of drug-likeness (QED) is 0.723. The molecular weight excluding hydrogens is 407 g/mol. The third-order valence-corrected chi connectivity index (χ3v) is 4.76. The lowest BCUT2D eigenvalue weighted by atomic mass is 10.0. The van der Waals surface area contributed by atoms with Gasteiger partial charge in [0.25, 0.3) is 0 Å². The number of ether oxygens (including phenoxy) is 1. The number of aliphatic hydroxyl groups excluding tert-OH is 1. The fourth-order valence-electron chi connectivity index (χ4n) is 1.85. The Morgan fingerprint density at radius 2 is 1.90 bits per heavy atom. The first kappa shape index (κ1) is 15.8. The summed E-state index contributed by atoms with van der Waals surface area (Å²) in [6.45, 7) is 2.54. The van der Waals surface area contributed by atoms with Crippen LogP contribution in [0.3, 0.4) is 0 Å². The smallest absolute Gasteiger partial charge is 0.120 e. The van der Waals surface area contributed by atoms with E-state index in [0.29, 0.717) is 11.6 Å². The van der Waals surface area contributed by atoms with Crippen LogP contribution in [0.2, 0.25) is 5.02 Å². The molecule has 0 fully saturated rings. The van der Waals surface area contributed by atoms with E-state index in [-0.39, 0.29) is 0 Å². The number of aliphatic hydroxyl groups is 1. The molecule has 5 heteroatoms. The summed E-state index contributed by atoms with van der Waals surface area (Å²) < 4.78 is 7.03. The lowest BCUT2D eigenvalue weighted by molar-refractivity contribution is 0.219. The normalized spacial score (nSPS) is 12.2. The summed E-state index contributed by atoms with van der Waals surface area (Å²) in [5, 5.41) is 11.0. The molecule has 0 aliphatic rings. The summed E-state index contributed by atoms with van der Waals surface area (Å²) in [4.78, 5) is 0. The monoisotopic (exact) mass is 418 g/mol. The van der Waals surface area contributed by atoms with E-state index in [1.165, 1.54) is 0 Å². The first-order valence-electron chi connectivity index (χ1n) is 6.08. The molecule has 0 saturated heterocycles. The van der Waals surface area contributed by atoms with Crippen LogP contribution in [-0.4, -0.2) is 11.7 Å². The minimum atomic E-state index is -0.745. The predicted molar refractivity (Wildman–Crippen MR) is 88.5 cm³/mol. The van der Waals surface area contributed by atoms with Crippen LogP contribution in [0.5, 0.6) is 5.75 Å². The van der Waals surface area contributed by atoms with E-state index < -0.39 is 6.10 Å². The van der Waals surface area contributed by atoms with Crippen molar-refractivity contribution in [3.05, 3.63) is 61.5 Å². The third kappa shape index (κ3) is 3.55. The first-order chi connectivity index (χ1) is 9.52. The van der Waals surface area contributed by atoms with Crippen LogP contribution in [0.4, 0.5) is 0 Å². The van der Waals surface area contributed by atoms with Crippen LogP contribution in [-0.2, 0) is 0 Å². The van der Waals surface area contributed by atoms with Crippen molar-refractivity contribution in [2.75, 3.05) is 6.61 Å². The Hall–Kier alpha value is -0.550. The molecule has 2 aromatic carbocycles. The predicted octanol–water partition coefficient (Wildman–Crippen LogP) is 5.35. The lowest BCUT2D eigenvalue weighted by Crippen LogP contribution is -2.01. The van der Waals surface area contributed by atoms with E-state index in [2.05, 4.69) is 31.9 Å². The Bertz CT molecular complexity index is 617. The van der Waals surface area contributed by atoms with Gasteiger partial charge in [0, 0.05) is 8.95 Å². The van der Waals surface area contributed by atoms with Crippen LogP contribution in [0.15, 0.2) is 45.3 Å². The van der Waals surface area contributed by atoms with Gasteiger partial charge in [0.15, 0.2) is 0 Å². The molecular formula is C15H13Br2ClO2. The fraction of sp³-hybridized carbons (Fsp3) is 0.200. The maximum Gasteiger partial charge on any atom is 0.120 e. The zero-order chi connectivity index (χ0) is 14.7. The van der Waals surface area contributed by atoms with Crippen molar-refractivity contribution >= 4 is 43.5 Å². The number of hydrogen-bond donors (Lipinski definition) is 1. The molecule has 1 atom stereocenters. The summed E-state index contributed by atoms with van der Waals surface area (Å²) >= 11 is 12.9. The Morgan fingerprint density at radius 1 is 1.15 bits per heavy atom. The first-order valence-corrected chi connectivity index (χ1v) is 8.04. The molecule has 2 aromatic rings. The SMILES string of the molecule is CCOc1ccc(C(O)c2ccc(Br)c(Cl)c2)c(Br)c1. The minimum Gasteiger partial charge on any atom is -0.494 e. The van der Waals surface area contributed by atoms with Crippen molar-refractivity contribution < 1.29 is 9.84 Å². The van der Waals surface area contributed by atoms with E-state index in [9.17, 15) is 5.11 Å². The van der Waals surface area contributed by atoms with E-state index in [0.717, 1.165) is 25.8 Å². The Labute approximate surface area is 140 Å². The van der Waals surface area contributed by atoms with Gasteiger partial charge in [-0.1, -0.05) is 39.7 Å². The maximum atomic E-state index is 10.5. The standard InChI is InChI=1S/C15H13Br2ClO2/c1-2-20-10-4-5-11(13(17)8-10)15(19)9-3-6-12(16)14(18)7-9/h3-8,15,19H,2H2,1H3. The molecule has 0 aromatic heterocycles. The molecule has 0 amide bonds. The van der Waals surface area contributed by atoms with E-state index in [4.69, 9.17) is 16.3 Å². The van der Waals surface area contributed by atoms with Crippen molar-refractivity contribution in [1.29, 1.82) is 0 Å². The van der Waals surface area contributed by atoms with Gasteiger partial charge in [-0.3, -0.25) is 0 Å². The summed E-state index contributed by atoms with van der Waals surface area (Å²) in [7, 11) is 0. The molecule has 2 rings (SSSR count). The number of halogens is 3. The highest BCUT2D eigenvalue weighted by molar-refractivity contribution is 9.10. The molecule has 0 aliphatic carbocycles. The summed E-state index contributed by atoms with van der Waals surface area (Å²) in [5.74, 6) is 0.768. The molecule has 1 N–H and O–H groups in total. The highest BCUT2D eigenvalue weighted by atomic mass is 79.9. The maximum absolute atomic E-state index is 10.5. The molecule has 0 aliphatic heterocycles. The summed E-state index contributed by atoms with van der Waals surface area (Å²) in [6.07, 6.45) is -0.745. The largest absolute Gasteiger partial charge is 0.494 e. The lowest BCUT2D eigenvalue weighted by Gasteiger charge is -2.15. The van der Waals surface area contributed by atoms with Gasteiger partial charge in [-0.05, 0) is 58.2 Å². The topological polar surface area (TPSA) is 29.5 Å².